The van der Waals surface area contributed by atoms with Crippen LogP contribution in [0.2, 0.25) is 0 Å². The second-order valence-corrected chi connectivity index (χ2v) is 10.3. The lowest BCUT2D eigenvalue weighted by molar-refractivity contribution is 0.0694. The van der Waals surface area contributed by atoms with Crippen LogP contribution in [-0.2, 0) is 16.7 Å². The molecule has 36 heavy (non-hydrogen) atoms. The number of benzene rings is 1. The molecule has 4 rings (SSSR count). The zero-order chi connectivity index (χ0) is 26.8. The Kier molecular flexibility index (Phi) is 8.52. The molecule has 1 saturated heterocycles. The smallest absolute Gasteiger partial charge is 0.341 e. The first-order chi connectivity index (χ1) is 16.8. The fourth-order valence-electron chi connectivity index (χ4n) is 4.21. The zero-order valence-electron chi connectivity index (χ0n) is 19.7. The Morgan fingerprint density at radius 3 is 2.47 bits per heavy atom. The minimum absolute atomic E-state index is 0.0124. The third kappa shape index (κ3) is 6.48. The SMILES string of the molecule is COc1c(N2C[C@H](CNC3CC3)[C@H](F)C2)c(F)cc2c(=O)c(C(=O)O)cn(CCF)c12.CS(=O)(=O)O. The van der Waals surface area contributed by atoms with Crippen LogP contribution in [0, 0.1) is 11.7 Å². The molecule has 2 fully saturated rings. The first-order valence-corrected chi connectivity index (χ1v) is 13.0. The molecule has 2 heterocycles. The summed E-state index contributed by atoms with van der Waals surface area (Å²) >= 11 is 0. The number of nitrogens with one attached hydrogen (secondary N) is 1. The number of fused-ring (bicyclic) bond motifs is 1. The lowest BCUT2D eigenvalue weighted by Gasteiger charge is -2.24. The number of rotatable bonds is 8. The number of hydrogen-bond acceptors (Lipinski definition) is 7. The highest BCUT2D eigenvalue weighted by molar-refractivity contribution is 7.85. The standard InChI is InChI=1S/C21H24F3N3O4.CH4O3S/c1-31-20-17-13(19(28)14(21(29)30)9-26(17)5-4-22)6-15(23)18(20)27-8-11(16(24)10-27)7-25-12-2-3-12;1-5(2,3)4/h6,9,11-12,16,25H,2-5,7-8,10H2,1H3,(H,29,30);1H3,(H,2,3,4)/t11-,16+;/m0./s1. The zero-order valence-corrected chi connectivity index (χ0v) is 20.5. The lowest BCUT2D eigenvalue weighted by Crippen LogP contribution is -2.30. The van der Waals surface area contributed by atoms with Gasteiger partial charge in [0.05, 0.1) is 30.8 Å². The molecule has 2 atom stereocenters. The van der Waals surface area contributed by atoms with E-state index in [9.17, 15) is 31.9 Å². The molecule has 3 N–H and O–H groups in total. The predicted octanol–water partition coefficient (Wildman–Crippen LogP) is 1.85. The van der Waals surface area contributed by atoms with Crippen molar-refractivity contribution in [3.05, 3.63) is 33.9 Å². The van der Waals surface area contributed by atoms with E-state index in [0.717, 1.165) is 25.1 Å². The molecular weight excluding hydrogens is 507 g/mol. The van der Waals surface area contributed by atoms with Crippen LogP contribution in [-0.4, -0.2) is 80.5 Å². The molecule has 1 aliphatic heterocycles. The molecule has 2 aliphatic rings. The van der Waals surface area contributed by atoms with Crippen LogP contribution >= 0.6 is 0 Å². The maximum atomic E-state index is 15.2. The largest absolute Gasteiger partial charge is 0.492 e. The van der Waals surface area contributed by atoms with Gasteiger partial charge in [0.15, 0.2) is 11.6 Å². The van der Waals surface area contributed by atoms with Gasteiger partial charge in [-0.2, -0.15) is 8.42 Å². The van der Waals surface area contributed by atoms with E-state index in [1.54, 1.807) is 0 Å². The van der Waals surface area contributed by atoms with Crippen molar-refractivity contribution in [1.29, 1.82) is 0 Å². The minimum atomic E-state index is -3.67. The van der Waals surface area contributed by atoms with E-state index in [1.807, 2.05) is 0 Å². The number of pyridine rings is 1. The minimum Gasteiger partial charge on any atom is -0.492 e. The number of aryl methyl sites for hydroxylation is 1. The van der Waals surface area contributed by atoms with Gasteiger partial charge in [0, 0.05) is 37.8 Å². The average molecular weight is 536 g/mol. The predicted molar refractivity (Wildman–Crippen MR) is 127 cm³/mol. The van der Waals surface area contributed by atoms with Gasteiger partial charge in [0.2, 0.25) is 5.43 Å². The van der Waals surface area contributed by atoms with Crippen LogP contribution in [0.4, 0.5) is 18.9 Å². The average Bonchev–Trinajstić information content (AvgIpc) is 3.53. The number of nitrogens with zero attached hydrogens (tertiary/aromatic N) is 2. The Morgan fingerprint density at radius 2 is 1.94 bits per heavy atom. The fourth-order valence-corrected chi connectivity index (χ4v) is 4.21. The van der Waals surface area contributed by atoms with Crippen LogP contribution in [0.5, 0.6) is 5.75 Å². The third-order valence-electron chi connectivity index (χ3n) is 5.93. The number of carboxylic acid groups (broad SMARTS) is 1. The number of anilines is 1. The van der Waals surface area contributed by atoms with Gasteiger partial charge in [-0.25, -0.2) is 18.0 Å². The van der Waals surface area contributed by atoms with Gasteiger partial charge < -0.3 is 24.6 Å². The maximum Gasteiger partial charge on any atom is 0.341 e. The Hall–Kier alpha value is -2.84. The Balaban J connectivity index is 0.000000658. The maximum absolute atomic E-state index is 15.2. The van der Waals surface area contributed by atoms with Crippen LogP contribution in [0.25, 0.3) is 10.9 Å². The van der Waals surface area contributed by atoms with Crippen LogP contribution < -0.4 is 20.4 Å². The molecule has 0 radical (unpaired) electrons. The number of aromatic carboxylic acids is 1. The molecule has 1 aliphatic carbocycles. The molecule has 10 nitrogen and oxygen atoms in total. The summed E-state index contributed by atoms with van der Waals surface area (Å²) in [6.45, 7) is -0.402. The third-order valence-corrected chi connectivity index (χ3v) is 5.93. The number of halogens is 3. The van der Waals surface area contributed by atoms with Gasteiger partial charge in [0.1, 0.15) is 24.1 Å². The number of aromatic nitrogens is 1. The summed E-state index contributed by atoms with van der Waals surface area (Å²) in [6, 6.07) is 1.35. The van der Waals surface area contributed by atoms with E-state index in [-0.39, 0.29) is 47.9 Å². The van der Waals surface area contributed by atoms with Gasteiger partial charge in [-0.15, -0.1) is 0 Å². The topological polar surface area (TPSA) is 138 Å². The van der Waals surface area contributed by atoms with Gasteiger partial charge in [-0.3, -0.25) is 9.35 Å². The van der Waals surface area contributed by atoms with E-state index in [2.05, 4.69) is 5.32 Å². The van der Waals surface area contributed by atoms with E-state index < -0.39 is 45.7 Å². The van der Waals surface area contributed by atoms with Gasteiger partial charge in [-0.1, -0.05) is 0 Å². The summed E-state index contributed by atoms with van der Waals surface area (Å²) in [5.41, 5.74) is -1.41. The van der Waals surface area contributed by atoms with Crippen LogP contribution in [0.3, 0.4) is 0 Å². The van der Waals surface area contributed by atoms with E-state index in [0.29, 0.717) is 18.8 Å². The van der Waals surface area contributed by atoms with Crippen molar-refractivity contribution >= 4 is 32.7 Å². The number of carbonyl (C=O) groups is 1. The Morgan fingerprint density at radius 1 is 1.31 bits per heavy atom. The van der Waals surface area contributed by atoms with Gasteiger partial charge >= 0.3 is 5.97 Å². The van der Waals surface area contributed by atoms with E-state index in [1.165, 1.54) is 16.6 Å². The quantitative estimate of drug-likeness (QED) is 0.432. The van der Waals surface area contributed by atoms with Crippen molar-refractivity contribution in [3.8, 4) is 5.75 Å². The summed E-state index contributed by atoms with van der Waals surface area (Å²) in [5.74, 6) is -2.68. The van der Waals surface area contributed by atoms with Gasteiger partial charge in [-0.05, 0) is 18.9 Å². The fraction of sp³-hybridized carbons (Fsp3) is 0.545. The molecule has 1 aromatic carbocycles. The Labute approximate surface area is 205 Å². The first kappa shape index (κ1) is 27.7. The summed E-state index contributed by atoms with van der Waals surface area (Å²) in [4.78, 5) is 25.6. The Bertz CT molecular complexity index is 1290. The van der Waals surface area contributed by atoms with E-state index in [4.69, 9.17) is 9.29 Å². The highest BCUT2D eigenvalue weighted by Gasteiger charge is 2.37. The molecule has 200 valence electrons. The van der Waals surface area contributed by atoms with Crippen molar-refractivity contribution < 1.29 is 40.8 Å². The highest BCUT2D eigenvalue weighted by Crippen LogP contribution is 2.40. The molecule has 1 saturated carbocycles. The van der Waals surface area contributed by atoms with Crippen molar-refractivity contribution in [1.82, 2.24) is 9.88 Å². The molecule has 0 bridgehead atoms. The molecule has 0 amide bonds. The monoisotopic (exact) mass is 535 g/mol. The van der Waals surface area contributed by atoms with Crippen molar-refractivity contribution in [3.63, 3.8) is 0 Å². The van der Waals surface area contributed by atoms with Crippen molar-refractivity contribution in [2.45, 2.75) is 31.6 Å². The summed E-state index contributed by atoms with van der Waals surface area (Å²) < 4.78 is 75.6. The van der Waals surface area contributed by atoms with E-state index >= 15 is 4.39 Å². The molecule has 0 unspecified atom stereocenters. The molecule has 0 spiro atoms. The number of methoxy groups -OCH3 is 1. The normalized spacial score (nSPS) is 19.8. The van der Waals surface area contributed by atoms with Crippen molar-refractivity contribution in [2.75, 3.05) is 44.6 Å². The number of carboxylic acids is 1. The van der Waals surface area contributed by atoms with Crippen molar-refractivity contribution in [2.24, 2.45) is 5.92 Å². The summed E-state index contributed by atoms with van der Waals surface area (Å²) in [6.07, 6.45) is 2.72. The summed E-state index contributed by atoms with van der Waals surface area (Å²) in [5, 5.41) is 12.4. The lowest BCUT2D eigenvalue weighted by atomic mass is 10.1. The van der Waals surface area contributed by atoms with Crippen LogP contribution in [0.1, 0.15) is 23.2 Å². The number of ether oxygens (including phenoxy) is 1. The number of hydrogen-bond donors (Lipinski definition) is 3. The molecule has 2 aromatic rings. The summed E-state index contributed by atoms with van der Waals surface area (Å²) in [7, 11) is -2.39. The number of alkyl halides is 2. The highest BCUT2D eigenvalue weighted by atomic mass is 32.2. The molecule has 1 aromatic heterocycles. The van der Waals surface area contributed by atoms with Crippen LogP contribution in [0.15, 0.2) is 17.1 Å². The first-order valence-electron chi connectivity index (χ1n) is 11.1. The molecular formula is C22H28F3N3O7S. The second-order valence-electron chi connectivity index (χ2n) is 8.79. The molecule has 14 heteroatoms. The van der Waals surface area contributed by atoms with Gasteiger partial charge in [0.25, 0.3) is 10.1 Å². The second kappa shape index (κ2) is 11.0.